The van der Waals surface area contributed by atoms with Gasteiger partial charge in [-0.05, 0) is 0 Å². The third-order valence-corrected chi connectivity index (χ3v) is 0. The molecule has 0 nitrogen and oxygen atoms in total. The summed E-state index contributed by atoms with van der Waals surface area (Å²) in [5.74, 6) is 0. The summed E-state index contributed by atoms with van der Waals surface area (Å²) in [6.07, 6.45) is 0. The molecule has 0 spiro atoms. The van der Waals surface area contributed by atoms with E-state index in [2.05, 4.69) is 24.7 Å². The minimum absolute atomic E-state index is 1.76. The van der Waals surface area contributed by atoms with E-state index in [1.54, 1.807) is 0 Å². The molecule has 0 unspecified atom stereocenters. The molecule has 1 heteroatoms. The third-order valence-electron chi connectivity index (χ3n) is 0. The van der Waals surface area contributed by atoms with Gasteiger partial charge in [-0.1, -0.05) is 0 Å². The number of hydrogen-bond donors (Lipinski definition) is 0. The van der Waals surface area contributed by atoms with E-state index in [1.165, 1.54) is 0 Å². The first-order valence-corrected chi connectivity index (χ1v) is 16.8. The van der Waals surface area contributed by atoms with Gasteiger partial charge in [-0.15, -0.1) is 0 Å². The molecule has 0 aromatic carbocycles. The van der Waals surface area contributed by atoms with Gasteiger partial charge in [-0.2, -0.15) is 0 Å². The summed E-state index contributed by atoms with van der Waals surface area (Å²) < 4.78 is 0. The van der Waals surface area contributed by atoms with Crippen LogP contribution >= 0.6 is 0 Å². The Bertz CT molecular complexity index is 37.1. The predicted molar refractivity (Wildman–Crippen MR) is 35.1 cm³/mol. The van der Waals surface area contributed by atoms with E-state index < -0.39 is 17.0 Å². The Hall–Kier alpha value is 0.799. The van der Waals surface area contributed by atoms with Gasteiger partial charge in [-0.25, -0.2) is 0 Å². The quantitative estimate of drug-likeness (QED) is 0.519. The van der Waals surface area contributed by atoms with E-state index in [0.29, 0.717) is 0 Å². The zero-order valence-corrected chi connectivity index (χ0v) is 8.35. The fourth-order valence-electron chi connectivity index (χ4n) is 0. The van der Waals surface area contributed by atoms with Crippen LogP contribution in [0.4, 0.5) is 0 Å². The molecule has 0 amide bonds. The molecule has 6 heavy (non-hydrogen) atoms. The third kappa shape index (κ3) is 109. The molecule has 0 bridgehead atoms. The van der Waals surface area contributed by atoms with Crippen molar-refractivity contribution < 1.29 is 0 Å². The first-order chi connectivity index (χ1) is 2.24. The van der Waals surface area contributed by atoms with Crippen LogP contribution in [0.3, 0.4) is 0 Å². The van der Waals surface area contributed by atoms with Gasteiger partial charge in [0.15, 0.2) is 0 Å². The van der Waals surface area contributed by atoms with Gasteiger partial charge in [0.2, 0.25) is 0 Å². The Morgan fingerprint density at radius 1 is 0.667 bits per heavy atom. The van der Waals surface area contributed by atoms with Crippen LogP contribution in [0.1, 0.15) is 0 Å². The van der Waals surface area contributed by atoms with Crippen LogP contribution in [-0.4, -0.2) is 17.0 Å². The molecule has 0 aliphatic heterocycles. The monoisotopic (exact) mass is 195 g/mol. The summed E-state index contributed by atoms with van der Waals surface area (Å²) in [5, 5.41) is 0. The van der Waals surface area contributed by atoms with Crippen molar-refractivity contribution in [1.82, 2.24) is 0 Å². The maximum atomic E-state index is 2.42. The molecule has 0 saturated carbocycles. The Labute approximate surface area is 42.0 Å². The maximum absolute atomic E-state index is 2.42. The minimum atomic E-state index is -1.76. The van der Waals surface area contributed by atoms with Crippen molar-refractivity contribution in [2.75, 3.05) is 0 Å². The summed E-state index contributed by atoms with van der Waals surface area (Å²) in [4.78, 5) is 12.1. The van der Waals surface area contributed by atoms with Gasteiger partial charge in [0.05, 0.1) is 0 Å². The van der Waals surface area contributed by atoms with Crippen molar-refractivity contribution in [2.45, 2.75) is 24.7 Å². The van der Waals surface area contributed by atoms with Crippen molar-refractivity contribution in [3.8, 4) is 0 Å². The van der Waals surface area contributed by atoms with E-state index in [-0.39, 0.29) is 0 Å². The Kier molecular flexibility index (Phi) is 1.30. The van der Waals surface area contributed by atoms with Crippen LogP contribution in [0.15, 0.2) is 0 Å². The van der Waals surface area contributed by atoms with Crippen LogP contribution in [-0.2, 0) is 0 Å². The van der Waals surface area contributed by atoms with Gasteiger partial charge in [-0.3, -0.25) is 0 Å². The van der Waals surface area contributed by atoms with Crippen molar-refractivity contribution >= 4 is 17.0 Å². The summed E-state index contributed by atoms with van der Waals surface area (Å²) in [5.41, 5.74) is 0. The van der Waals surface area contributed by atoms with Gasteiger partial charge in [0, 0.05) is 0 Å². The van der Waals surface area contributed by atoms with E-state index in [4.69, 9.17) is 0 Å². The van der Waals surface area contributed by atoms with Gasteiger partial charge in [0.1, 0.15) is 0 Å². The number of hydrogen-bond acceptors (Lipinski definition) is 0. The Morgan fingerprint density at radius 2 is 0.667 bits per heavy atom. The van der Waals surface area contributed by atoms with Crippen LogP contribution in [0.5, 0.6) is 0 Å². The predicted octanol–water partition coefficient (Wildman–Crippen LogP) is 2.54. The molecule has 0 heterocycles. The first kappa shape index (κ1) is 6.80. The molecule has 0 aromatic heterocycles. The van der Waals surface area contributed by atoms with E-state index >= 15 is 0 Å². The summed E-state index contributed by atoms with van der Waals surface area (Å²) >= 11 is -1.76. The van der Waals surface area contributed by atoms with Crippen molar-refractivity contribution in [2.24, 2.45) is 0 Å². The first-order valence-electron chi connectivity index (χ1n) is 2.50. The molecule has 0 aliphatic carbocycles. The second kappa shape index (κ2) is 1.15. The van der Waals surface area contributed by atoms with E-state index in [1.807, 2.05) is 0 Å². The molecule has 0 saturated heterocycles. The molecule has 0 aromatic rings. The summed E-state index contributed by atoms with van der Waals surface area (Å²) in [6.45, 7) is 0. The van der Waals surface area contributed by atoms with Crippen LogP contribution in [0.25, 0.3) is 0 Å². The molecule has 0 N–H and O–H groups in total. The van der Waals surface area contributed by atoms with Gasteiger partial charge in [0.25, 0.3) is 0 Å². The SMILES string of the molecule is [CH3][Sn-]([CH3])([CH3])([CH3])[CH3]. The summed E-state index contributed by atoms with van der Waals surface area (Å²) in [7, 11) is 0. The fraction of sp³-hybridized carbons (Fsp3) is 1.00. The Balaban J connectivity index is 3.73. The molecule has 0 fully saturated rings. The average Bonchev–Trinajstić information content (AvgIpc) is 0.650. The number of rotatable bonds is 0. The van der Waals surface area contributed by atoms with Crippen LogP contribution < -0.4 is 0 Å². The van der Waals surface area contributed by atoms with Crippen molar-refractivity contribution in [1.29, 1.82) is 0 Å². The molecular formula is C5H15Sn-. The van der Waals surface area contributed by atoms with Crippen LogP contribution in [0.2, 0.25) is 24.7 Å². The second-order valence-corrected chi connectivity index (χ2v) is 33.5. The molecule has 0 radical (unpaired) electrons. The van der Waals surface area contributed by atoms with Gasteiger partial charge < -0.3 is 0 Å². The average molecular weight is 194 g/mol. The topological polar surface area (TPSA) is 0 Å². The molecule has 0 rings (SSSR count). The zero-order chi connectivity index (χ0) is 5.45. The van der Waals surface area contributed by atoms with Gasteiger partial charge >= 0.3 is 41.7 Å². The van der Waals surface area contributed by atoms with Crippen molar-refractivity contribution in [3.63, 3.8) is 0 Å². The second-order valence-electron chi connectivity index (χ2n) is 5.00. The standard InChI is InChI=1S/5CH3.Sn/h5*1H3;/q;;;;;-1. The van der Waals surface area contributed by atoms with E-state index in [9.17, 15) is 0 Å². The normalized spacial score (nSPS) is 19.2. The molecular weight excluding hydrogens is 179 g/mol. The molecule has 40 valence electrons. The van der Waals surface area contributed by atoms with Crippen LogP contribution in [0, 0.1) is 0 Å². The molecule has 0 atom stereocenters. The van der Waals surface area contributed by atoms with E-state index in [0.717, 1.165) is 0 Å². The molecule has 0 aliphatic rings. The summed E-state index contributed by atoms with van der Waals surface area (Å²) in [6, 6.07) is 0. The Morgan fingerprint density at radius 3 is 0.667 bits per heavy atom. The fourth-order valence-corrected chi connectivity index (χ4v) is 0. The zero-order valence-electron chi connectivity index (χ0n) is 5.50. The van der Waals surface area contributed by atoms with Crippen molar-refractivity contribution in [3.05, 3.63) is 0 Å².